The number of nitrogens with two attached hydrogens (primary N) is 2. The Kier molecular flexibility index (Phi) is 8.81. The van der Waals surface area contributed by atoms with Crippen LogP contribution in [0, 0.1) is 5.92 Å². The first-order chi connectivity index (χ1) is 5.31. The monoisotopic (exact) mass is 200 g/mol. The SMILES string of the molecule is CC(CN)CON.O=S(=O)([O-])[O-]. The second-order valence-corrected chi connectivity index (χ2v) is 2.90. The standard InChI is InChI=1S/C4H12N2O.H2O4S/c1-4(2-5)3-7-6;1-5(2,3)4/h4H,2-3,5-6H2,1H3;(H2,1,2,3,4)/p-2. The summed E-state index contributed by atoms with van der Waals surface area (Å²) >= 11 is 0. The van der Waals surface area contributed by atoms with Crippen LogP contribution in [0.1, 0.15) is 6.92 Å². The molecule has 0 aromatic heterocycles. The van der Waals surface area contributed by atoms with Crippen molar-refractivity contribution >= 4 is 10.4 Å². The van der Waals surface area contributed by atoms with Gasteiger partial charge in [0.15, 0.2) is 0 Å². The van der Waals surface area contributed by atoms with Gasteiger partial charge in [0.05, 0.1) is 6.61 Å². The summed E-state index contributed by atoms with van der Waals surface area (Å²) in [6, 6.07) is 0. The van der Waals surface area contributed by atoms with Crippen molar-refractivity contribution in [1.29, 1.82) is 0 Å². The van der Waals surface area contributed by atoms with Gasteiger partial charge in [0.25, 0.3) is 0 Å². The first-order valence-electron chi connectivity index (χ1n) is 2.99. The summed E-state index contributed by atoms with van der Waals surface area (Å²) < 4.78 is 34.1. The summed E-state index contributed by atoms with van der Waals surface area (Å²) in [5, 5.41) is 0. The van der Waals surface area contributed by atoms with Gasteiger partial charge in [-0.2, -0.15) is 0 Å². The van der Waals surface area contributed by atoms with E-state index < -0.39 is 10.4 Å². The zero-order chi connectivity index (χ0) is 10.2. The third-order valence-corrected chi connectivity index (χ3v) is 0.783. The lowest BCUT2D eigenvalue weighted by Crippen LogP contribution is -2.18. The summed E-state index contributed by atoms with van der Waals surface area (Å²) in [7, 11) is -5.17. The van der Waals surface area contributed by atoms with Crippen molar-refractivity contribution in [2.24, 2.45) is 17.5 Å². The Morgan fingerprint density at radius 2 is 1.83 bits per heavy atom. The van der Waals surface area contributed by atoms with E-state index in [0.717, 1.165) is 0 Å². The minimum atomic E-state index is -5.17. The van der Waals surface area contributed by atoms with E-state index in [-0.39, 0.29) is 0 Å². The highest BCUT2D eigenvalue weighted by molar-refractivity contribution is 7.79. The Bertz CT molecular complexity index is 172. The molecule has 8 heteroatoms. The number of rotatable bonds is 3. The number of hydrogen-bond acceptors (Lipinski definition) is 7. The van der Waals surface area contributed by atoms with Crippen molar-refractivity contribution in [3.63, 3.8) is 0 Å². The molecule has 0 saturated carbocycles. The summed E-state index contributed by atoms with van der Waals surface area (Å²) in [6.07, 6.45) is 0. The number of hydrogen-bond donors (Lipinski definition) is 2. The van der Waals surface area contributed by atoms with Crippen LogP contribution in [0.15, 0.2) is 0 Å². The lowest BCUT2D eigenvalue weighted by Gasteiger charge is -2.06. The summed E-state index contributed by atoms with van der Waals surface area (Å²) in [5.74, 6) is 5.13. The molecule has 7 nitrogen and oxygen atoms in total. The van der Waals surface area contributed by atoms with Gasteiger partial charge < -0.3 is 19.7 Å². The van der Waals surface area contributed by atoms with Crippen LogP contribution in [0.2, 0.25) is 0 Å². The van der Waals surface area contributed by atoms with E-state index in [4.69, 9.17) is 29.2 Å². The molecule has 0 fully saturated rings. The van der Waals surface area contributed by atoms with Gasteiger partial charge in [-0.3, -0.25) is 8.42 Å². The van der Waals surface area contributed by atoms with Gasteiger partial charge in [0.1, 0.15) is 0 Å². The molecule has 0 aromatic rings. The van der Waals surface area contributed by atoms with Gasteiger partial charge in [-0.25, -0.2) is 5.90 Å². The van der Waals surface area contributed by atoms with Crippen LogP contribution >= 0.6 is 0 Å². The van der Waals surface area contributed by atoms with Gasteiger partial charge >= 0.3 is 0 Å². The van der Waals surface area contributed by atoms with E-state index in [1.807, 2.05) is 6.92 Å². The molecule has 0 rings (SSSR count). The molecule has 0 bridgehead atoms. The molecule has 1 atom stereocenters. The van der Waals surface area contributed by atoms with Gasteiger partial charge in [-0.05, 0) is 12.5 Å². The topological polar surface area (TPSA) is 142 Å². The van der Waals surface area contributed by atoms with E-state index in [9.17, 15) is 0 Å². The van der Waals surface area contributed by atoms with Gasteiger partial charge in [-0.15, -0.1) is 0 Å². The molecule has 0 saturated heterocycles. The molecular weight excluding hydrogens is 188 g/mol. The predicted octanol–water partition coefficient (Wildman–Crippen LogP) is -1.87. The summed E-state index contributed by atoms with van der Waals surface area (Å²) in [5.41, 5.74) is 5.22. The highest BCUT2D eigenvalue weighted by Crippen LogP contribution is 1.86. The molecule has 0 amide bonds. The second kappa shape index (κ2) is 7.40. The van der Waals surface area contributed by atoms with Crippen LogP contribution in [0.3, 0.4) is 0 Å². The maximum Gasteiger partial charge on any atom is 0.0716 e. The molecule has 0 aromatic carbocycles. The van der Waals surface area contributed by atoms with Crippen LogP contribution in [-0.2, 0) is 15.2 Å². The zero-order valence-electron chi connectivity index (χ0n) is 6.60. The minimum absolute atomic E-state index is 0.380. The Balaban J connectivity index is 0. The zero-order valence-corrected chi connectivity index (χ0v) is 7.41. The quantitative estimate of drug-likeness (QED) is 0.309. The third-order valence-electron chi connectivity index (χ3n) is 0.783. The maximum absolute atomic E-state index is 8.52. The Morgan fingerprint density at radius 3 is 1.92 bits per heavy atom. The Morgan fingerprint density at radius 1 is 1.50 bits per heavy atom. The Hall–Kier alpha value is -0.250. The fourth-order valence-corrected chi connectivity index (χ4v) is 0.232. The molecule has 0 aliphatic carbocycles. The molecule has 76 valence electrons. The molecular formula is C4H12N2O5S-2. The lowest BCUT2D eigenvalue weighted by atomic mass is 10.2. The first kappa shape index (κ1) is 14.3. The molecule has 0 spiro atoms. The van der Waals surface area contributed by atoms with Crippen LogP contribution in [0.4, 0.5) is 0 Å². The van der Waals surface area contributed by atoms with E-state index in [2.05, 4.69) is 4.84 Å². The van der Waals surface area contributed by atoms with Crippen molar-refractivity contribution in [3.8, 4) is 0 Å². The van der Waals surface area contributed by atoms with Crippen LogP contribution < -0.4 is 11.6 Å². The van der Waals surface area contributed by atoms with Crippen LogP contribution in [-0.4, -0.2) is 30.7 Å². The largest absolute Gasteiger partial charge is 0.759 e. The summed E-state index contributed by atoms with van der Waals surface area (Å²) in [4.78, 5) is 4.31. The summed E-state index contributed by atoms with van der Waals surface area (Å²) in [6.45, 7) is 3.17. The highest BCUT2D eigenvalue weighted by atomic mass is 32.3. The van der Waals surface area contributed by atoms with Crippen LogP contribution in [0.25, 0.3) is 0 Å². The van der Waals surface area contributed by atoms with E-state index in [1.54, 1.807) is 0 Å². The lowest BCUT2D eigenvalue weighted by molar-refractivity contribution is 0.109. The highest BCUT2D eigenvalue weighted by Gasteiger charge is 1.94. The average molecular weight is 200 g/mol. The fourth-order valence-electron chi connectivity index (χ4n) is 0.232. The Labute approximate surface area is 71.2 Å². The second-order valence-electron chi connectivity index (χ2n) is 2.08. The van der Waals surface area contributed by atoms with Gasteiger partial charge in [0, 0.05) is 10.4 Å². The van der Waals surface area contributed by atoms with Gasteiger partial charge in [0.2, 0.25) is 0 Å². The fraction of sp³-hybridized carbons (Fsp3) is 1.00. The van der Waals surface area contributed by atoms with E-state index in [0.29, 0.717) is 19.1 Å². The average Bonchev–Trinajstić information content (AvgIpc) is 1.85. The predicted molar refractivity (Wildman–Crippen MR) is 38.8 cm³/mol. The van der Waals surface area contributed by atoms with Crippen molar-refractivity contribution < 1.29 is 22.4 Å². The van der Waals surface area contributed by atoms with Crippen molar-refractivity contribution in [2.45, 2.75) is 6.92 Å². The van der Waals surface area contributed by atoms with E-state index >= 15 is 0 Å². The molecule has 0 aliphatic rings. The van der Waals surface area contributed by atoms with Gasteiger partial charge in [-0.1, -0.05) is 6.92 Å². The maximum atomic E-state index is 8.52. The van der Waals surface area contributed by atoms with E-state index in [1.165, 1.54) is 0 Å². The molecule has 0 heterocycles. The third kappa shape index (κ3) is 33.1. The van der Waals surface area contributed by atoms with Crippen molar-refractivity contribution in [1.82, 2.24) is 0 Å². The smallest absolute Gasteiger partial charge is 0.0716 e. The molecule has 1 unspecified atom stereocenters. The molecule has 0 radical (unpaired) electrons. The minimum Gasteiger partial charge on any atom is -0.759 e. The van der Waals surface area contributed by atoms with Crippen LogP contribution in [0.5, 0.6) is 0 Å². The molecule has 4 N–H and O–H groups in total. The normalized spacial score (nSPS) is 13.1. The first-order valence-corrected chi connectivity index (χ1v) is 4.33. The molecule has 0 aliphatic heterocycles. The molecule has 12 heavy (non-hydrogen) atoms. The van der Waals surface area contributed by atoms with Crippen molar-refractivity contribution in [3.05, 3.63) is 0 Å². The van der Waals surface area contributed by atoms with Crippen molar-refractivity contribution in [2.75, 3.05) is 13.2 Å².